The summed E-state index contributed by atoms with van der Waals surface area (Å²) in [4.78, 5) is 11.4. The number of hydrogen-bond acceptors (Lipinski definition) is 6. The van der Waals surface area contributed by atoms with E-state index in [1.807, 2.05) is 0 Å². The number of nitrogens with one attached hydrogen (secondary N) is 2. The summed E-state index contributed by atoms with van der Waals surface area (Å²) >= 11 is 5.46. The van der Waals surface area contributed by atoms with Crippen LogP contribution in [0, 0.1) is 0 Å². The molecule has 0 aromatic carbocycles. The molecule has 8 heteroatoms. The van der Waals surface area contributed by atoms with Crippen molar-refractivity contribution < 1.29 is 14.5 Å². The van der Waals surface area contributed by atoms with Gasteiger partial charge in [-0.2, -0.15) is 0 Å². The Morgan fingerprint density at radius 3 is 2.93 bits per heavy atom. The summed E-state index contributed by atoms with van der Waals surface area (Å²) < 4.78 is 4.41. The monoisotopic (exact) mass is 234 g/mol. The quantitative estimate of drug-likeness (QED) is 0.571. The topological polar surface area (TPSA) is 100 Å². The van der Waals surface area contributed by atoms with Gasteiger partial charge in [0, 0.05) is 19.0 Å². The average Bonchev–Trinajstić information content (AvgIpc) is 2.71. The molecule has 0 fully saturated rings. The maximum absolute atomic E-state index is 11.4. The van der Waals surface area contributed by atoms with Crippen LogP contribution < -0.4 is 10.6 Å². The molecule has 0 aliphatic heterocycles. The molecule has 1 aromatic rings. The van der Waals surface area contributed by atoms with Crippen molar-refractivity contribution in [2.45, 2.75) is 0 Å². The molecule has 0 saturated heterocycles. The Labute approximate surface area is 90.8 Å². The number of nitrogens with zero attached hydrogens (tertiary/aromatic N) is 2. The van der Waals surface area contributed by atoms with Crippen molar-refractivity contribution in [2.75, 3.05) is 30.9 Å². The second kappa shape index (κ2) is 6.20. The van der Waals surface area contributed by atoms with Crippen LogP contribution in [-0.4, -0.2) is 46.9 Å². The Balaban J connectivity index is 2.58. The molecule has 0 atom stereocenters. The van der Waals surface area contributed by atoms with Crippen LogP contribution in [0.4, 0.5) is 5.82 Å². The number of carbonyl (C=O) groups is 1. The van der Waals surface area contributed by atoms with Crippen molar-refractivity contribution in [3.63, 3.8) is 0 Å². The Hall–Kier alpha value is -1.34. The molecule has 1 rings (SSSR count). The fraction of sp³-hybridized carbons (Fsp3) is 0.571. The van der Waals surface area contributed by atoms with Gasteiger partial charge in [0.25, 0.3) is 5.91 Å². The molecule has 3 N–H and O–H groups in total. The van der Waals surface area contributed by atoms with Crippen LogP contribution in [0.1, 0.15) is 10.5 Å². The molecular weight excluding hydrogens is 224 g/mol. The standard InChI is InChI=1S/C7H11ClN4O3/c8-1-2-9-6-5(11-15-12-6)7(14)10-3-4-13/h13H,1-4H2,(H,9,12)(H,10,14). The summed E-state index contributed by atoms with van der Waals surface area (Å²) in [7, 11) is 0. The molecule has 1 heterocycles. The zero-order chi connectivity index (χ0) is 11.1. The minimum atomic E-state index is -0.456. The highest BCUT2D eigenvalue weighted by Gasteiger charge is 2.17. The Morgan fingerprint density at radius 1 is 1.47 bits per heavy atom. The van der Waals surface area contributed by atoms with E-state index in [0.29, 0.717) is 12.4 Å². The number of aromatic nitrogens is 2. The van der Waals surface area contributed by atoms with E-state index in [4.69, 9.17) is 16.7 Å². The van der Waals surface area contributed by atoms with Gasteiger partial charge in [-0.1, -0.05) is 0 Å². The number of hydrogen-bond donors (Lipinski definition) is 3. The number of alkyl halides is 1. The second-order valence-corrected chi connectivity index (χ2v) is 2.93. The lowest BCUT2D eigenvalue weighted by Crippen LogP contribution is -2.27. The highest BCUT2D eigenvalue weighted by molar-refractivity contribution is 6.18. The van der Waals surface area contributed by atoms with Gasteiger partial charge in [0.2, 0.25) is 11.5 Å². The summed E-state index contributed by atoms with van der Waals surface area (Å²) in [6.07, 6.45) is 0. The minimum absolute atomic E-state index is 0.0496. The molecule has 0 bridgehead atoms. The van der Waals surface area contributed by atoms with Crippen LogP contribution >= 0.6 is 11.6 Å². The van der Waals surface area contributed by atoms with Gasteiger partial charge in [-0.3, -0.25) is 4.79 Å². The van der Waals surface area contributed by atoms with Crippen LogP contribution in [0.3, 0.4) is 0 Å². The lowest BCUT2D eigenvalue weighted by atomic mass is 10.4. The lowest BCUT2D eigenvalue weighted by Gasteiger charge is -2.01. The smallest absolute Gasteiger partial charge is 0.277 e. The van der Waals surface area contributed by atoms with Crippen LogP contribution in [0.2, 0.25) is 0 Å². The van der Waals surface area contributed by atoms with Gasteiger partial charge in [-0.15, -0.1) is 11.6 Å². The largest absolute Gasteiger partial charge is 0.395 e. The van der Waals surface area contributed by atoms with E-state index in [0.717, 1.165) is 0 Å². The van der Waals surface area contributed by atoms with Gasteiger partial charge in [0.15, 0.2) is 0 Å². The molecule has 1 aromatic heterocycles. The summed E-state index contributed by atoms with van der Waals surface area (Å²) in [6, 6.07) is 0. The summed E-state index contributed by atoms with van der Waals surface area (Å²) in [5.74, 6) is 0.165. The van der Waals surface area contributed by atoms with E-state index in [2.05, 4.69) is 25.6 Å². The average molecular weight is 235 g/mol. The van der Waals surface area contributed by atoms with Crippen LogP contribution in [0.25, 0.3) is 0 Å². The Morgan fingerprint density at radius 2 is 2.27 bits per heavy atom. The highest BCUT2D eigenvalue weighted by atomic mass is 35.5. The van der Waals surface area contributed by atoms with Gasteiger partial charge in [0.05, 0.1) is 6.61 Å². The second-order valence-electron chi connectivity index (χ2n) is 2.56. The third kappa shape index (κ3) is 3.37. The zero-order valence-electron chi connectivity index (χ0n) is 7.86. The van der Waals surface area contributed by atoms with Gasteiger partial charge < -0.3 is 15.7 Å². The third-order valence-corrected chi connectivity index (χ3v) is 1.68. The van der Waals surface area contributed by atoms with E-state index in [1.165, 1.54) is 0 Å². The Kier molecular flexibility index (Phi) is 4.85. The highest BCUT2D eigenvalue weighted by Crippen LogP contribution is 2.08. The number of carbonyl (C=O) groups excluding carboxylic acids is 1. The van der Waals surface area contributed by atoms with Crippen LogP contribution in [-0.2, 0) is 0 Å². The van der Waals surface area contributed by atoms with Crippen LogP contribution in [0.5, 0.6) is 0 Å². The summed E-state index contributed by atoms with van der Waals surface area (Å²) in [5.41, 5.74) is 0.0496. The fourth-order valence-electron chi connectivity index (χ4n) is 0.872. The molecule has 1 amide bonds. The molecule has 0 saturated carbocycles. The normalized spacial score (nSPS) is 10.0. The lowest BCUT2D eigenvalue weighted by molar-refractivity contribution is 0.0935. The number of anilines is 1. The summed E-state index contributed by atoms with van der Waals surface area (Å²) in [6.45, 7) is 0.470. The van der Waals surface area contributed by atoms with Crippen LogP contribution in [0.15, 0.2) is 4.63 Å². The van der Waals surface area contributed by atoms with Gasteiger partial charge in [-0.25, -0.2) is 4.63 Å². The molecule has 0 unspecified atom stereocenters. The van der Waals surface area contributed by atoms with Crippen molar-refractivity contribution in [1.29, 1.82) is 0 Å². The molecule has 0 aliphatic carbocycles. The van der Waals surface area contributed by atoms with Gasteiger partial charge in [-0.05, 0) is 10.3 Å². The first-order chi connectivity index (χ1) is 7.29. The first-order valence-corrected chi connectivity index (χ1v) is 4.84. The first kappa shape index (κ1) is 11.7. The molecule has 0 aliphatic rings. The fourth-order valence-corrected chi connectivity index (χ4v) is 0.967. The van der Waals surface area contributed by atoms with E-state index >= 15 is 0 Å². The molecule has 84 valence electrons. The third-order valence-electron chi connectivity index (χ3n) is 1.49. The van der Waals surface area contributed by atoms with E-state index in [1.54, 1.807) is 0 Å². The maximum atomic E-state index is 11.4. The van der Waals surface area contributed by atoms with Gasteiger partial charge in [0.1, 0.15) is 0 Å². The van der Waals surface area contributed by atoms with E-state index in [9.17, 15) is 4.79 Å². The predicted molar refractivity (Wildman–Crippen MR) is 52.9 cm³/mol. The molecule has 7 nitrogen and oxygen atoms in total. The predicted octanol–water partition coefficient (Wildman–Crippen LogP) is -0.558. The van der Waals surface area contributed by atoms with Crippen molar-refractivity contribution in [2.24, 2.45) is 0 Å². The minimum Gasteiger partial charge on any atom is -0.395 e. The molecule has 0 spiro atoms. The number of amides is 1. The van der Waals surface area contributed by atoms with Gasteiger partial charge >= 0.3 is 0 Å². The number of aliphatic hydroxyl groups excluding tert-OH is 1. The van der Waals surface area contributed by atoms with Crippen molar-refractivity contribution in [3.05, 3.63) is 5.69 Å². The van der Waals surface area contributed by atoms with Crippen molar-refractivity contribution in [3.8, 4) is 0 Å². The SMILES string of the molecule is O=C(NCCO)c1nonc1NCCCl. The first-order valence-electron chi connectivity index (χ1n) is 4.31. The van der Waals surface area contributed by atoms with E-state index < -0.39 is 5.91 Å². The Bertz CT molecular complexity index is 317. The van der Waals surface area contributed by atoms with Crippen molar-refractivity contribution in [1.82, 2.24) is 15.6 Å². The molecule has 0 radical (unpaired) electrons. The van der Waals surface area contributed by atoms with E-state index in [-0.39, 0.29) is 24.7 Å². The maximum Gasteiger partial charge on any atom is 0.277 e. The van der Waals surface area contributed by atoms with Crippen molar-refractivity contribution >= 4 is 23.3 Å². The molecular formula is C7H11ClN4O3. The summed E-state index contributed by atoms with van der Waals surface area (Å²) in [5, 5.41) is 20.7. The molecule has 15 heavy (non-hydrogen) atoms. The number of halogens is 1. The number of aliphatic hydroxyl groups is 1. The number of rotatable bonds is 6. The zero-order valence-corrected chi connectivity index (χ0v) is 8.62.